The molecule has 0 atom stereocenters. The molecule has 0 amide bonds. The van der Waals surface area contributed by atoms with Crippen LogP contribution in [-0.4, -0.2) is 16.5 Å². The van der Waals surface area contributed by atoms with Gasteiger partial charge in [-0.15, -0.1) is 0 Å². The van der Waals surface area contributed by atoms with Crippen LogP contribution in [0.25, 0.3) is 10.9 Å². The molecule has 23 heavy (non-hydrogen) atoms. The number of aromatic nitrogens is 2. The van der Waals surface area contributed by atoms with Gasteiger partial charge in [0.15, 0.2) is 0 Å². The summed E-state index contributed by atoms with van der Waals surface area (Å²) in [6, 6.07) is 15.1. The minimum absolute atomic E-state index is 0.490. The van der Waals surface area contributed by atoms with Gasteiger partial charge in [-0.05, 0) is 23.8 Å². The molecule has 0 aliphatic rings. The molecule has 114 valence electrons. The average Bonchev–Trinajstić information content (AvgIpc) is 2.62. The van der Waals surface area contributed by atoms with E-state index in [1.165, 1.54) is 0 Å². The molecule has 0 radical (unpaired) electrons. The van der Waals surface area contributed by atoms with Gasteiger partial charge in [0.2, 0.25) is 0 Å². The topological polar surface area (TPSA) is 37.8 Å². The highest BCUT2D eigenvalue weighted by Crippen LogP contribution is 2.18. The van der Waals surface area contributed by atoms with Gasteiger partial charge in [0, 0.05) is 23.9 Å². The zero-order valence-corrected chi connectivity index (χ0v) is 12.6. The highest BCUT2D eigenvalue weighted by Gasteiger charge is 2.01. The number of fused-ring (bicyclic) bond motifs is 1. The number of nitrogens with zero attached hydrogens (tertiary/aromatic N) is 2. The molecule has 4 heteroatoms. The molecule has 0 unspecified atom stereocenters. The summed E-state index contributed by atoms with van der Waals surface area (Å²) >= 11 is 0. The van der Waals surface area contributed by atoms with E-state index < -0.39 is 6.67 Å². The zero-order valence-electron chi connectivity index (χ0n) is 12.6. The van der Waals surface area contributed by atoms with Gasteiger partial charge in [0.05, 0.1) is 5.52 Å². The quantitative estimate of drug-likeness (QED) is 0.586. The summed E-state index contributed by atoms with van der Waals surface area (Å²) in [5.41, 5.74) is 2.30. The first-order valence-corrected chi connectivity index (χ1v) is 7.45. The molecule has 0 saturated carbocycles. The van der Waals surface area contributed by atoms with Gasteiger partial charge in [-0.3, -0.25) is 0 Å². The Morgan fingerprint density at radius 3 is 2.74 bits per heavy atom. The Balaban J connectivity index is 1.63. The monoisotopic (exact) mass is 305 g/mol. The maximum absolute atomic E-state index is 12.8. The average molecular weight is 305 g/mol. The second-order valence-corrected chi connectivity index (χ2v) is 5.01. The third-order valence-electron chi connectivity index (χ3n) is 3.47. The van der Waals surface area contributed by atoms with Gasteiger partial charge in [-0.25, -0.2) is 14.4 Å². The highest BCUT2D eigenvalue weighted by molar-refractivity contribution is 5.88. The van der Waals surface area contributed by atoms with Crippen LogP contribution in [-0.2, 0) is 6.67 Å². The zero-order chi connectivity index (χ0) is 15.9. The number of para-hydroxylation sites is 1. The van der Waals surface area contributed by atoms with Crippen molar-refractivity contribution in [3.05, 3.63) is 66.0 Å². The van der Waals surface area contributed by atoms with E-state index in [-0.39, 0.29) is 0 Å². The van der Waals surface area contributed by atoms with E-state index >= 15 is 0 Å². The summed E-state index contributed by atoms with van der Waals surface area (Å²) in [6.45, 7) is 0.182. The largest absolute Gasteiger partial charge is 0.368 e. The first-order chi connectivity index (χ1) is 11.4. The van der Waals surface area contributed by atoms with Crippen LogP contribution in [0.1, 0.15) is 17.5 Å². The molecule has 0 fully saturated rings. The van der Waals surface area contributed by atoms with Gasteiger partial charge in [-0.1, -0.05) is 42.2 Å². The van der Waals surface area contributed by atoms with Gasteiger partial charge >= 0.3 is 0 Å². The Hall–Kier alpha value is -2.93. The number of alkyl halides is 1. The van der Waals surface area contributed by atoms with Crippen LogP contribution in [0.2, 0.25) is 0 Å². The van der Waals surface area contributed by atoms with Crippen molar-refractivity contribution in [2.45, 2.75) is 13.1 Å². The molecule has 3 nitrogen and oxygen atoms in total. The van der Waals surface area contributed by atoms with Crippen molar-refractivity contribution in [3.63, 3.8) is 0 Å². The van der Waals surface area contributed by atoms with Gasteiger partial charge in [0.25, 0.3) is 0 Å². The number of halogens is 1. The molecule has 0 bridgehead atoms. The summed E-state index contributed by atoms with van der Waals surface area (Å²) in [5.74, 6) is 6.90. The SMILES string of the molecule is FCc1ccccc1C#CCCNc1ncnc2ccccc12. The second-order valence-electron chi connectivity index (χ2n) is 5.01. The Labute approximate surface area is 134 Å². The number of benzene rings is 2. The lowest BCUT2D eigenvalue weighted by molar-refractivity contribution is 0.484. The van der Waals surface area contributed by atoms with Crippen molar-refractivity contribution in [1.29, 1.82) is 0 Å². The number of hydrogen-bond acceptors (Lipinski definition) is 3. The first-order valence-electron chi connectivity index (χ1n) is 7.45. The molecule has 0 aliphatic heterocycles. The van der Waals surface area contributed by atoms with Crippen LogP contribution in [0.5, 0.6) is 0 Å². The fraction of sp³-hybridized carbons (Fsp3) is 0.158. The smallest absolute Gasteiger partial charge is 0.137 e. The van der Waals surface area contributed by atoms with Crippen LogP contribution in [0.15, 0.2) is 54.9 Å². The molecule has 0 spiro atoms. The molecular weight excluding hydrogens is 289 g/mol. The van der Waals surface area contributed by atoms with Crippen molar-refractivity contribution < 1.29 is 4.39 Å². The van der Waals surface area contributed by atoms with Crippen molar-refractivity contribution in [3.8, 4) is 11.8 Å². The number of hydrogen-bond donors (Lipinski definition) is 1. The van der Waals surface area contributed by atoms with Crippen molar-refractivity contribution in [2.24, 2.45) is 0 Å². The summed E-state index contributed by atoms with van der Waals surface area (Å²) in [5, 5.41) is 4.27. The van der Waals surface area contributed by atoms with E-state index in [1.807, 2.05) is 42.5 Å². The van der Waals surface area contributed by atoms with Crippen molar-refractivity contribution in [2.75, 3.05) is 11.9 Å². The van der Waals surface area contributed by atoms with Crippen LogP contribution >= 0.6 is 0 Å². The molecule has 0 aliphatic carbocycles. The van der Waals surface area contributed by atoms with Crippen LogP contribution in [0.3, 0.4) is 0 Å². The Morgan fingerprint density at radius 2 is 1.83 bits per heavy atom. The molecule has 2 aromatic carbocycles. The summed E-state index contributed by atoms with van der Waals surface area (Å²) in [4.78, 5) is 8.50. The normalized spacial score (nSPS) is 10.1. The van der Waals surface area contributed by atoms with Crippen molar-refractivity contribution >= 4 is 16.7 Å². The molecule has 0 saturated heterocycles. The molecule has 3 aromatic rings. The molecule has 3 rings (SSSR count). The lowest BCUT2D eigenvalue weighted by atomic mass is 10.1. The van der Waals surface area contributed by atoms with Crippen LogP contribution in [0, 0.1) is 11.8 Å². The lowest BCUT2D eigenvalue weighted by Gasteiger charge is -2.06. The third-order valence-corrected chi connectivity index (χ3v) is 3.47. The van der Waals surface area contributed by atoms with Crippen LogP contribution < -0.4 is 5.32 Å². The predicted molar refractivity (Wildman–Crippen MR) is 90.8 cm³/mol. The van der Waals surface area contributed by atoms with Gasteiger partial charge < -0.3 is 5.32 Å². The van der Waals surface area contributed by atoms with Crippen LogP contribution in [0.4, 0.5) is 10.2 Å². The van der Waals surface area contributed by atoms with E-state index in [9.17, 15) is 4.39 Å². The minimum atomic E-state index is -0.490. The Bertz CT molecular complexity index is 860. The summed E-state index contributed by atoms with van der Waals surface area (Å²) in [7, 11) is 0. The standard InChI is InChI=1S/C19H16FN3/c20-13-16-9-2-1-7-15(16)8-5-6-12-21-19-17-10-3-4-11-18(17)22-14-23-19/h1-4,7,9-11,14H,6,12-13H2,(H,21,22,23). The maximum Gasteiger partial charge on any atom is 0.137 e. The number of nitrogens with one attached hydrogen (secondary N) is 1. The second kappa shape index (κ2) is 7.37. The van der Waals surface area contributed by atoms with Crippen molar-refractivity contribution in [1.82, 2.24) is 9.97 Å². The third kappa shape index (κ3) is 3.64. The van der Waals surface area contributed by atoms with Gasteiger partial charge in [0.1, 0.15) is 18.8 Å². The molecule has 1 aromatic heterocycles. The first kappa shape index (κ1) is 15.0. The number of anilines is 1. The lowest BCUT2D eigenvalue weighted by Crippen LogP contribution is -2.03. The summed E-state index contributed by atoms with van der Waals surface area (Å²) in [6.07, 6.45) is 2.20. The van der Waals surface area contributed by atoms with E-state index in [0.29, 0.717) is 18.5 Å². The molecule has 1 heterocycles. The highest BCUT2D eigenvalue weighted by atomic mass is 19.1. The molecular formula is C19H16FN3. The minimum Gasteiger partial charge on any atom is -0.368 e. The summed E-state index contributed by atoms with van der Waals surface area (Å²) < 4.78 is 12.8. The number of rotatable bonds is 4. The van der Waals surface area contributed by atoms with E-state index in [2.05, 4.69) is 27.1 Å². The van der Waals surface area contributed by atoms with E-state index in [4.69, 9.17) is 0 Å². The van der Waals surface area contributed by atoms with Gasteiger partial charge in [-0.2, -0.15) is 0 Å². The Kier molecular flexibility index (Phi) is 4.80. The van der Waals surface area contributed by atoms with E-state index in [0.717, 1.165) is 22.3 Å². The maximum atomic E-state index is 12.8. The fourth-order valence-electron chi connectivity index (χ4n) is 2.31. The fourth-order valence-corrected chi connectivity index (χ4v) is 2.31. The van der Waals surface area contributed by atoms with E-state index in [1.54, 1.807) is 12.4 Å². The molecule has 1 N–H and O–H groups in total. The Morgan fingerprint density at radius 1 is 1.00 bits per heavy atom. The predicted octanol–water partition coefficient (Wildman–Crippen LogP) is 3.95.